The number of carbonyl (C=O) groups is 4. The lowest BCUT2D eigenvalue weighted by molar-refractivity contribution is -0.161. The van der Waals surface area contributed by atoms with Gasteiger partial charge in [-0.25, -0.2) is 9.13 Å². The van der Waals surface area contributed by atoms with Gasteiger partial charge in [-0.05, 0) is 31.6 Å². The van der Waals surface area contributed by atoms with Crippen molar-refractivity contribution >= 4 is 39.5 Å². The molecular weight excluding hydrogens is 1400 g/mol. The van der Waals surface area contributed by atoms with Gasteiger partial charge < -0.3 is 33.8 Å². The number of hydrogen-bond donors (Lipinski definition) is 3. The molecule has 0 aliphatic rings. The van der Waals surface area contributed by atoms with Crippen LogP contribution in [0.2, 0.25) is 0 Å². The van der Waals surface area contributed by atoms with Crippen LogP contribution in [0.25, 0.3) is 0 Å². The molecule has 0 spiro atoms. The third-order valence-corrected chi connectivity index (χ3v) is 23.3. The van der Waals surface area contributed by atoms with Crippen LogP contribution in [0.1, 0.15) is 484 Å². The minimum absolute atomic E-state index is 0.107. The molecule has 3 unspecified atom stereocenters. The zero-order valence-electron chi connectivity index (χ0n) is 71.0. The molecule has 19 heteroatoms. The number of aliphatic hydroxyl groups excluding tert-OH is 1. The molecule has 0 radical (unpaired) electrons. The van der Waals surface area contributed by atoms with Gasteiger partial charge in [-0.3, -0.25) is 37.3 Å². The van der Waals surface area contributed by atoms with E-state index in [9.17, 15) is 43.2 Å². The third kappa shape index (κ3) is 80.7. The molecule has 0 amide bonds. The zero-order chi connectivity index (χ0) is 79.0. The fourth-order valence-corrected chi connectivity index (χ4v) is 15.5. The average molecular weight is 1580 g/mol. The summed E-state index contributed by atoms with van der Waals surface area (Å²) in [5, 5.41) is 10.7. The molecule has 642 valence electrons. The molecule has 0 saturated carbocycles. The Morgan fingerprint density at radius 2 is 0.444 bits per heavy atom. The summed E-state index contributed by atoms with van der Waals surface area (Å²) in [7, 11) is -9.93. The van der Waals surface area contributed by atoms with E-state index in [0.29, 0.717) is 25.7 Å². The third-order valence-electron chi connectivity index (χ3n) is 21.4. The molecule has 0 heterocycles. The molecule has 0 fully saturated rings. The van der Waals surface area contributed by atoms with Crippen LogP contribution in [0.3, 0.4) is 0 Å². The largest absolute Gasteiger partial charge is 0.472 e. The summed E-state index contributed by atoms with van der Waals surface area (Å²) >= 11 is 0. The van der Waals surface area contributed by atoms with Crippen molar-refractivity contribution < 1.29 is 80.2 Å². The maximum absolute atomic E-state index is 13.2. The minimum atomic E-state index is -4.97. The van der Waals surface area contributed by atoms with Crippen molar-refractivity contribution in [3.63, 3.8) is 0 Å². The van der Waals surface area contributed by atoms with Crippen molar-refractivity contribution in [2.24, 2.45) is 5.92 Å². The highest BCUT2D eigenvalue weighted by atomic mass is 31.2. The van der Waals surface area contributed by atoms with Gasteiger partial charge in [-0.1, -0.05) is 433 Å². The quantitative estimate of drug-likeness (QED) is 0.0222. The van der Waals surface area contributed by atoms with Crippen LogP contribution in [0.15, 0.2) is 0 Å². The number of esters is 4. The Morgan fingerprint density at radius 3 is 0.657 bits per heavy atom. The molecule has 0 bridgehead atoms. The lowest BCUT2D eigenvalue weighted by Gasteiger charge is -2.21. The highest BCUT2D eigenvalue weighted by Gasteiger charge is 2.31. The molecule has 0 aromatic rings. The Bertz CT molecular complexity index is 2050. The highest BCUT2D eigenvalue weighted by molar-refractivity contribution is 7.47. The Morgan fingerprint density at radius 1 is 0.259 bits per heavy atom. The zero-order valence-corrected chi connectivity index (χ0v) is 72.8. The van der Waals surface area contributed by atoms with Gasteiger partial charge in [0, 0.05) is 25.7 Å². The number of hydrogen-bond acceptors (Lipinski definition) is 15. The van der Waals surface area contributed by atoms with E-state index in [4.69, 9.17) is 37.0 Å². The smallest absolute Gasteiger partial charge is 0.462 e. The van der Waals surface area contributed by atoms with Gasteiger partial charge in [-0.2, -0.15) is 0 Å². The van der Waals surface area contributed by atoms with Crippen molar-refractivity contribution in [2.75, 3.05) is 39.6 Å². The first kappa shape index (κ1) is 106. The Kier molecular flexibility index (Phi) is 80.2. The number of ether oxygens (including phenoxy) is 4. The topological polar surface area (TPSA) is 237 Å². The van der Waals surface area contributed by atoms with Crippen LogP contribution in [-0.4, -0.2) is 96.7 Å². The van der Waals surface area contributed by atoms with E-state index in [2.05, 4.69) is 34.6 Å². The first-order chi connectivity index (χ1) is 52.6. The average Bonchev–Trinajstić information content (AvgIpc) is 0.899. The minimum Gasteiger partial charge on any atom is -0.462 e. The lowest BCUT2D eigenvalue weighted by atomic mass is 9.99. The van der Waals surface area contributed by atoms with E-state index in [0.717, 1.165) is 95.8 Å². The Hall–Kier alpha value is -1.94. The van der Waals surface area contributed by atoms with Crippen LogP contribution < -0.4 is 0 Å². The van der Waals surface area contributed by atoms with Gasteiger partial charge in [0.2, 0.25) is 0 Å². The van der Waals surface area contributed by atoms with Crippen molar-refractivity contribution in [1.82, 2.24) is 0 Å². The summed E-state index contributed by atoms with van der Waals surface area (Å²) in [5.74, 6) is -1.30. The molecule has 6 atom stereocenters. The van der Waals surface area contributed by atoms with E-state index in [-0.39, 0.29) is 25.7 Å². The van der Waals surface area contributed by atoms with Gasteiger partial charge in [0.15, 0.2) is 12.2 Å². The highest BCUT2D eigenvalue weighted by Crippen LogP contribution is 2.45. The van der Waals surface area contributed by atoms with Crippen LogP contribution >= 0.6 is 15.6 Å². The fraction of sp³-hybridized carbons (Fsp3) is 0.955. The SMILES string of the molecule is CCCCCCCCCCCCCCCCCCCCCCCCC(=O)OC[C@H](COP(=O)(O)OC[C@@H](O)COP(=O)(O)OC[C@@H](COC(=O)CCCCCCCCCCCC)OC(=O)CCCCCCCCCCCCC(C)CC)OC(=O)CCCCCCCCCCCCCCCCCCCCCCCC. The predicted molar refractivity (Wildman–Crippen MR) is 446 cm³/mol. The van der Waals surface area contributed by atoms with Gasteiger partial charge in [0.1, 0.15) is 19.3 Å². The maximum atomic E-state index is 13.2. The molecule has 0 aliphatic heterocycles. The molecule has 0 rings (SSSR count). The number of phosphoric ester groups is 2. The lowest BCUT2D eigenvalue weighted by Crippen LogP contribution is -2.30. The summed E-state index contributed by atoms with van der Waals surface area (Å²) in [6.45, 7) is 7.38. The van der Waals surface area contributed by atoms with E-state index >= 15 is 0 Å². The molecular formula is C89H174O17P2. The maximum Gasteiger partial charge on any atom is 0.472 e. The van der Waals surface area contributed by atoms with Crippen LogP contribution in [0, 0.1) is 5.92 Å². The molecule has 17 nitrogen and oxygen atoms in total. The van der Waals surface area contributed by atoms with Crippen LogP contribution in [0.4, 0.5) is 0 Å². The first-order valence-electron chi connectivity index (χ1n) is 46.2. The fourth-order valence-electron chi connectivity index (χ4n) is 14.0. The summed E-state index contributed by atoms with van der Waals surface area (Å²) in [5.41, 5.74) is 0. The van der Waals surface area contributed by atoms with Gasteiger partial charge >= 0.3 is 39.5 Å². The van der Waals surface area contributed by atoms with Crippen LogP contribution in [-0.2, 0) is 65.4 Å². The van der Waals surface area contributed by atoms with Crippen molar-refractivity contribution in [3.8, 4) is 0 Å². The van der Waals surface area contributed by atoms with Crippen molar-refractivity contribution in [2.45, 2.75) is 502 Å². The second-order valence-electron chi connectivity index (χ2n) is 32.2. The first-order valence-corrected chi connectivity index (χ1v) is 49.2. The van der Waals surface area contributed by atoms with E-state index in [1.807, 2.05) is 0 Å². The molecule has 108 heavy (non-hydrogen) atoms. The number of aliphatic hydroxyl groups is 1. The standard InChI is InChI=1S/C89H174O17P2/c1-6-10-13-16-19-22-25-27-29-31-33-35-37-39-41-43-45-47-53-58-63-68-73-87(92)100-79-85(105-88(93)74-69-64-59-54-48-46-44-42-40-38-36-34-32-30-28-26-23-20-17-14-11-7-2)81-104-108(97,98)102-77-83(90)76-101-107(95,96)103-80-84(78-99-86(91)72-67-62-57-52-24-21-18-15-12-8-3)106-89(94)75-70-65-60-55-50-49-51-56-61-66-71-82(5)9-4/h82-85,90H,6-81H2,1-5H3,(H,95,96)(H,97,98)/t82?,83-,84+,85+/m0/s1. The van der Waals surface area contributed by atoms with Gasteiger partial charge in [0.25, 0.3) is 0 Å². The monoisotopic (exact) mass is 1580 g/mol. The number of carbonyl (C=O) groups excluding carboxylic acids is 4. The van der Waals surface area contributed by atoms with Crippen LogP contribution in [0.5, 0.6) is 0 Å². The summed E-state index contributed by atoms with van der Waals surface area (Å²) in [4.78, 5) is 73.3. The number of rotatable bonds is 89. The number of phosphoric acid groups is 2. The van der Waals surface area contributed by atoms with E-state index < -0.39 is 97.5 Å². The summed E-state index contributed by atoms with van der Waals surface area (Å²) < 4.78 is 68.9. The Labute approximate surface area is 664 Å². The summed E-state index contributed by atoms with van der Waals surface area (Å²) in [6, 6.07) is 0. The molecule has 0 saturated heterocycles. The van der Waals surface area contributed by atoms with Crippen molar-refractivity contribution in [1.29, 1.82) is 0 Å². The van der Waals surface area contributed by atoms with Crippen molar-refractivity contribution in [3.05, 3.63) is 0 Å². The molecule has 0 aromatic carbocycles. The Balaban J connectivity index is 5.20. The van der Waals surface area contributed by atoms with Gasteiger partial charge in [0.05, 0.1) is 26.4 Å². The van der Waals surface area contributed by atoms with E-state index in [1.54, 1.807) is 0 Å². The second kappa shape index (κ2) is 81.6. The molecule has 0 aromatic heterocycles. The summed E-state index contributed by atoms with van der Waals surface area (Å²) in [6.07, 6.45) is 76.6. The number of unbranched alkanes of at least 4 members (excludes halogenated alkanes) is 60. The predicted octanol–water partition coefficient (Wildman–Crippen LogP) is 27.5. The molecule has 0 aliphatic carbocycles. The van der Waals surface area contributed by atoms with Gasteiger partial charge in [-0.15, -0.1) is 0 Å². The second-order valence-corrected chi connectivity index (χ2v) is 35.1. The van der Waals surface area contributed by atoms with E-state index in [1.165, 1.54) is 308 Å². The molecule has 3 N–H and O–H groups in total. The normalized spacial score (nSPS) is 14.0.